The van der Waals surface area contributed by atoms with Crippen LogP contribution in [0, 0.1) is 0 Å². The Kier molecular flexibility index (Phi) is 6.52. The molecule has 1 aromatic carbocycles. The van der Waals surface area contributed by atoms with E-state index in [1.165, 1.54) is 0 Å². The van der Waals surface area contributed by atoms with E-state index in [1.54, 1.807) is 13.3 Å². The average molecular weight is 338 g/mol. The molecule has 0 aliphatic heterocycles. The summed E-state index contributed by atoms with van der Waals surface area (Å²) < 4.78 is 12.0. The molecule has 0 aliphatic carbocycles. The van der Waals surface area contributed by atoms with E-state index in [1.807, 2.05) is 39.0 Å². The number of benzene rings is 1. The van der Waals surface area contributed by atoms with Crippen molar-refractivity contribution in [3.63, 3.8) is 0 Å². The van der Waals surface area contributed by atoms with Crippen molar-refractivity contribution in [1.82, 2.24) is 0 Å². The van der Waals surface area contributed by atoms with E-state index >= 15 is 0 Å². The van der Waals surface area contributed by atoms with Gasteiger partial charge in [-0.2, -0.15) is 0 Å². The molecular weight excluding hydrogens is 318 g/mol. The summed E-state index contributed by atoms with van der Waals surface area (Å²) in [5, 5.41) is 0. The minimum atomic E-state index is 0.588. The lowest BCUT2D eigenvalue weighted by Crippen LogP contribution is -1.97. The van der Waals surface area contributed by atoms with Gasteiger partial charge in [-0.1, -0.05) is 22.0 Å². The van der Waals surface area contributed by atoms with Crippen LogP contribution >= 0.6 is 15.9 Å². The predicted molar refractivity (Wildman–Crippen MR) is 89.0 cm³/mol. The summed E-state index contributed by atoms with van der Waals surface area (Å²) in [5.41, 5.74) is 3.11. The first-order valence-electron chi connectivity index (χ1n) is 6.35. The Morgan fingerprint density at radius 3 is 2.55 bits per heavy atom. The topological polar surface area (TPSA) is 30.8 Å². The van der Waals surface area contributed by atoms with Crippen LogP contribution in [0.2, 0.25) is 0 Å². The fourth-order valence-electron chi connectivity index (χ4n) is 1.78. The Balaban J connectivity index is 3.36. The second-order valence-electron chi connectivity index (χ2n) is 4.18. The molecule has 0 heterocycles. The van der Waals surface area contributed by atoms with Crippen molar-refractivity contribution in [2.45, 2.75) is 20.8 Å². The Hall–Kier alpha value is -1.55. The van der Waals surface area contributed by atoms with Gasteiger partial charge in [-0.25, -0.2) is 0 Å². The highest BCUT2D eigenvalue weighted by atomic mass is 79.9. The summed E-state index contributed by atoms with van der Waals surface area (Å²) in [5.74, 6) is 1.45. The number of rotatable bonds is 6. The molecule has 0 N–H and O–H groups in total. The van der Waals surface area contributed by atoms with Gasteiger partial charge in [0.15, 0.2) is 11.5 Å². The Morgan fingerprint density at radius 1 is 1.35 bits per heavy atom. The lowest BCUT2D eigenvalue weighted by atomic mass is 9.99. The molecule has 0 aromatic heterocycles. The number of hydrogen-bond acceptors (Lipinski definition) is 3. The smallest absolute Gasteiger partial charge is 0.161 e. The maximum absolute atomic E-state index is 5.61. The van der Waals surface area contributed by atoms with Gasteiger partial charge in [0.2, 0.25) is 0 Å². The zero-order valence-corrected chi connectivity index (χ0v) is 14.0. The van der Waals surface area contributed by atoms with Gasteiger partial charge in [-0.15, -0.1) is 0 Å². The van der Waals surface area contributed by atoms with Crippen LogP contribution < -0.4 is 9.47 Å². The molecule has 0 atom stereocenters. The van der Waals surface area contributed by atoms with Crippen LogP contribution in [-0.4, -0.2) is 20.4 Å². The third kappa shape index (κ3) is 3.97. The maximum Gasteiger partial charge on any atom is 0.161 e. The normalized spacial score (nSPS) is 12.8. The van der Waals surface area contributed by atoms with Crippen molar-refractivity contribution in [1.29, 1.82) is 0 Å². The minimum Gasteiger partial charge on any atom is -0.493 e. The molecule has 1 rings (SSSR count). The van der Waals surface area contributed by atoms with E-state index in [2.05, 4.69) is 27.6 Å². The van der Waals surface area contributed by atoms with Gasteiger partial charge >= 0.3 is 0 Å². The molecule has 0 radical (unpaired) electrons. The van der Waals surface area contributed by atoms with Crippen molar-refractivity contribution >= 4 is 28.2 Å². The monoisotopic (exact) mass is 337 g/mol. The molecule has 4 heteroatoms. The van der Waals surface area contributed by atoms with Gasteiger partial charge in [0.05, 0.1) is 13.7 Å². The summed E-state index contributed by atoms with van der Waals surface area (Å²) in [7, 11) is 1.63. The van der Waals surface area contributed by atoms with Crippen molar-refractivity contribution in [2.24, 2.45) is 4.99 Å². The summed E-state index contributed by atoms with van der Waals surface area (Å²) in [4.78, 5) is 3.90. The maximum atomic E-state index is 5.61. The zero-order chi connectivity index (χ0) is 15.1. The molecule has 0 saturated carbocycles. The van der Waals surface area contributed by atoms with Crippen LogP contribution in [0.25, 0.3) is 5.57 Å². The first-order chi connectivity index (χ1) is 9.54. The van der Waals surface area contributed by atoms with Crippen LogP contribution in [0.5, 0.6) is 11.5 Å². The van der Waals surface area contributed by atoms with Gasteiger partial charge in [0, 0.05) is 11.8 Å². The first-order valence-corrected chi connectivity index (χ1v) is 7.15. The molecule has 108 valence electrons. The molecule has 0 amide bonds. The fourth-order valence-corrected chi connectivity index (χ4v) is 1.99. The van der Waals surface area contributed by atoms with Crippen LogP contribution in [0.4, 0.5) is 0 Å². The third-order valence-corrected chi connectivity index (χ3v) is 3.51. The number of hydrogen-bond donors (Lipinski definition) is 0. The number of aliphatic imine (C=N–C) groups is 1. The number of halogens is 1. The van der Waals surface area contributed by atoms with Gasteiger partial charge in [0.1, 0.15) is 0 Å². The third-order valence-electron chi connectivity index (χ3n) is 2.92. The van der Waals surface area contributed by atoms with Crippen molar-refractivity contribution in [2.75, 3.05) is 13.7 Å². The molecule has 0 aliphatic rings. The fraction of sp³-hybridized carbons (Fsp3) is 0.312. The van der Waals surface area contributed by atoms with E-state index in [0.717, 1.165) is 32.7 Å². The summed E-state index contributed by atoms with van der Waals surface area (Å²) in [6.45, 7) is 10.1. The Morgan fingerprint density at radius 2 is 2.05 bits per heavy atom. The number of methoxy groups -OCH3 is 1. The van der Waals surface area contributed by atoms with E-state index in [-0.39, 0.29) is 0 Å². The van der Waals surface area contributed by atoms with Gasteiger partial charge in [-0.05, 0) is 55.2 Å². The second kappa shape index (κ2) is 7.90. The van der Waals surface area contributed by atoms with Crippen molar-refractivity contribution in [3.05, 3.63) is 40.0 Å². The predicted octanol–water partition coefficient (Wildman–Crippen LogP) is 4.82. The molecular formula is C16H20BrNO2. The molecule has 0 saturated heterocycles. The van der Waals surface area contributed by atoms with Gasteiger partial charge < -0.3 is 9.47 Å². The molecule has 0 bridgehead atoms. The quantitative estimate of drug-likeness (QED) is 0.550. The lowest BCUT2D eigenvalue weighted by Gasteiger charge is -2.14. The van der Waals surface area contributed by atoms with Crippen molar-refractivity contribution < 1.29 is 9.47 Å². The Bertz CT molecular complexity index is 543. The molecule has 20 heavy (non-hydrogen) atoms. The number of allylic oxidation sites excluding steroid dienone is 3. The first kappa shape index (κ1) is 16.5. The number of ether oxygens (including phenoxy) is 2. The standard InChI is InChI=1S/C16H20BrNO2/c1-6-20-16-9-13(7-8-15(16)19-5)14(10-18-4)11(2)12(3)17/h7-10H,4,6H2,1-3,5H3/b12-11+,14-10+. The van der Waals surface area contributed by atoms with Crippen LogP contribution in [0.15, 0.2) is 39.4 Å². The Labute approximate surface area is 129 Å². The molecule has 0 spiro atoms. The summed E-state index contributed by atoms with van der Waals surface area (Å²) in [6, 6.07) is 5.84. The van der Waals surface area contributed by atoms with Crippen LogP contribution in [0.3, 0.4) is 0 Å². The second-order valence-corrected chi connectivity index (χ2v) is 5.37. The van der Waals surface area contributed by atoms with E-state index < -0.39 is 0 Å². The zero-order valence-electron chi connectivity index (χ0n) is 12.4. The van der Waals surface area contributed by atoms with Gasteiger partial charge in [-0.3, -0.25) is 4.99 Å². The van der Waals surface area contributed by atoms with Crippen LogP contribution in [0.1, 0.15) is 26.3 Å². The molecule has 0 unspecified atom stereocenters. The largest absolute Gasteiger partial charge is 0.493 e. The summed E-state index contributed by atoms with van der Waals surface area (Å²) >= 11 is 3.51. The van der Waals surface area contributed by atoms with E-state index in [4.69, 9.17) is 9.47 Å². The highest BCUT2D eigenvalue weighted by Crippen LogP contribution is 2.34. The average Bonchev–Trinajstić information content (AvgIpc) is 2.44. The SMILES string of the molecule is C=N/C=C(\C(C)=C(/C)Br)c1ccc(OC)c(OCC)c1. The lowest BCUT2D eigenvalue weighted by molar-refractivity contribution is 0.311. The van der Waals surface area contributed by atoms with E-state index in [9.17, 15) is 0 Å². The van der Waals surface area contributed by atoms with Crippen LogP contribution in [-0.2, 0) is 0 Å². The van der Waals surface area contributed by atoms with E-state index in [0.29, 0.717) is 6.61 Å². The molecule has 3 nitrogen and oxygen atoms in total. The van der Waals surface area contributed by atoms with Gasteiger partial charge in [0.25, 0.3) is 0 Å². The molecule has 1 aromatic rings. The highest BCUT2D eigenvalue weighted by Gasteiger charge is 2.11. The number of nitrogens with zero attached hydrogens (tertiary/aromatic N) is 1. The summed E-state index contributed by atoms with van der Waals surface area (Å²) in [6.07, 6.45) is 1.75. The van der Waals surface area contributed by atoms with Crippen molar-refractivity contribution in [3.8, 4) is 11.5 Å². The highest BCUT2D eigenvalue weighted by molar-refractivity contribution is 9.11. The minimum absolute atomic E-state index is 0.588. The molecule has 0 fully saturated rings.